The number of anilines is 1. The predicted octanol–water partition coefficient (Wildman–Crippen LogP) is 4.59. The molecule has 2 aromatic rings. The molecule has 2 aromatic heterocycles. The van der Waals surface area contributed by atoms with Gasteiger partial charge in [-0.2, -0.15) is 0 Å². The van der Waals surface area contributed by atoms with Gasteiger partial charge in [-0.15, -0.1) is 0 Å². The summed E-state index contributed by atoms with van der Waals surface area (Å²) < 4.78 is 60.9. The second-order valence-corrected chi connectivity index (χ2v) is 18.3. The third kappa shape index (κ3) is 11.8. The number of hydrogen-bond acceptors (Lipinski definition) is 18. The number of esters is 2. The van der Waals surface area contributed by atoms with Gasteiger partial charge in [-0.05, 0) is 91.6 Å². The molecule has 3 aliphatic rings. The molecule has 366 valence electrons. The quantitative estimate of drug-likeness (QED) is 0.158. The van der Waals surface area contributed by atoms with Gasteiger partial charge in [-0.1, -0.05) is 38.9 Å². The number of aliphatic hydroxyl groups is 1. The zero-order chi connectivity index (χ0) is 48.9. The van der Waals surface area contributed by atoms with Crippen molar-refractivity contribution in [3.8, 4) is 11.6 Å². The van der Waals surface area contributed by atoms with Crippen molar-refractivity contribution in [2.75, 3.05) is 33.0 Å². The van der Waals surface area contributed by atoms with Gasteiger partial charge in [0.2, 0.25) is 11.8 Å². The Balaban J connectivity index is 1.70. The summed E-state index contributed by atoms with van der Waals surface area (Å²) in [6, 6.07) is 4.61. The molecule has 5 rings (SSSR count). The summed E-state index contributed by atoms with van der Waals surface area (Å²) >= 11 is 0. The highest BCUT2D eigenvalue weighted by Crippen LogP contribution is 2.41. The van der Waals surface area contributed by atoms with Crippen molar-refractivity contribution >= 4 is 35.2 Å². The number of oxazole rings is 1. The van der Waals surface area contributed by atoms with Gasteiger partial charge in [0.25, 0.3) is 5.67 Å². The first-order chi connectivity index (χ1) is 30.9. The van der Waals surface area contributed by atoms with Crippen molar-refractivity contribution in [1.29, 1.82) is 0 Å². The van der Waals surface area contributed by atoms with Gasteiger partial charge in [0.05, 0.1) is 37.1 Å². The molecule has 4 N–H and O–H groups in total. The summed E-state index contributed by atoms with van der Waals surface area (Å²) in [7, 11) is 3.64. The number of fused-ring (bicyclic) bond motifs is 4. The highest BCUT2D eigenvalue weighted by atomic mass is 19.1. The Morgan fingerprint density at radius 1 is 1.11 bits per heavy atom. The third-order valence-electron chi connectivity index (χ3n) is 12.5. The number of hydrogen-bond donors (Lipinski definition) is 3. The number of carbonyl (C=O) groups is 4. The zero-order valence-electron chi connectivity index (χ0n) is 40.0. The fourth-order valence-corrected chi connectivity index (χ4v) is 9.05. The topological polar surface area (TPSA) is 246 Å². The van der Waals surface area contributed by atoms with E-state index >= 15 is 4.39 Å². The number of ketones is 1. The Morgan fingerprint density at radius 3 is 2.45 bits per heavy atom. The average molecular weight is 931 g/mol. The first-order valence-corrected chi connectivity index (χ1v) is 22.4. The second-order valence-electron chi connectivity index (χ2n) is 18.3. The maximum atomic E-state index is 17.1. The van der Waals surface area contributed by atoms with Crippen molar-refractivity contribution in [3.63, 3.8) is 0 Å². The number of nitrogens with one attached hydrogen (secondary N) is 1. The van der Waals surface area contributed by atoms with Crippen molar-refractivity contribution < 1.29 is 66.4 Å². The smallest absolute Gasteiger partial charge is 0.351 e. The van der Waals surface area contributed by atoms with Crippen LogP contribution in [0.1, 0.15) is 101 Å². The van der Waals surface area contributed by atoms with Crippen LogP contribution >= 0.6 is 0 Å². The van der Waals surface area contributed by atoms with E-state index in [1.54, 1.807) is 45.9 Å². The van der Waals surface area contributed by atoms with Crippen LogP contribution in [0, 0.1) is 11.8 Å². The number of allylic oxidation sites excluding steroid dienone is 1. The van der Waals surface area contributed by atoms with Crippen LogP contribution in [0.5, 0.6) is 0 Å². The normalized spacial score (nSPS) is 34.5. The van der Waals surface area contributed by atoms with E-state index < -0.39 is 89.3 Å². The molecule has 19 nitrogen and oxygen atoms in total. The van der Waals surface area contributed by atoms with Gasteiger partial charge < -0.3 is 58.7 Å². The number of ether oxygens (including phenoxy) is 6. The maximum Gasteiger partial charge on any atom is 0.351 e. The summed E-state index contributed by atoms with van der Waals surface area (Å²) in [4.78, 5) is 70.9. The van der Waals surface area contributed by atoms with E-state index in [1.165, 1.54) is 27.0 Å². The Morgan fingerprint density at radius 2 is 1.82 bits per heavy atom. The van der Waals surface area contributed by atoms with E-state index in [-0.39, 0.29) is 62.4 Å². The largest absolute Gasteiger partial charge is 0.457 e. The Bertz CT molecular complexity index is 2130. The number of Topliss-reactive ketones (excluding diaryl/α,β-unsaturated/α-hetero) is 1. The first-order valence-electron chi connectivity index (χ1n) is 22.4. The second kappa shape index (κ2) is 21.4. The van der Waals surface area contributed by atoms with Crippen LogP contribution in [-0.2, 0) is 59.0 Å². The van der Waals surface area contributed by atoms with Crippen LogP contribution in [0.3, 0.4) is 0 Å². The monoisotopic (exact) mass is 930 g/mol. The van der Waals surface area contributed by atoms with E-state index in [9.17, 15) is 24.3 Å². The molecule has 5 heterocycles. The Hall–Kier alpha value is -4.86. The molecule has 1 amide bonds. The zero-order valence-corrected chi connectivity index (χ0v) is 40.0. The van der Waals surface area contributed by atoms with Crippen LogP contribution in [0.4, 0.5) is 10.2 Å². The molecule has 12 atom stereocenters. The molecule has 0 aliphatic carbocycles. The number of aromatic nitrogens is 2. The number of cyclic esters (lactones) is 1. The molecule has 0 unspecified atom stereocenters. The van der Waals surface area contributed by atoms with Gasteiger partial charge in [0, 0.05) is 25.0 Å². The highest BCUT2D eigenvalue weighted by Gasteiger charge is 2.56. The van der Waals surface area contributed by atoms with E-state index in [1.807, 2.05) is 32.8 Å². The number of halogens is 1. The number of nitrogens with two attached hydrogens (primary N) is 1. The molecule has 0 saturated carbocycles. The number of pyridine rings is 1. The predicted molar refractivity (Wildman–Crippen MR) is 237 cm³/mol. The molecule has 0 spiro atoms. The van der Waals surface area contributed by atoms with Crippen molar-refractivity contribution in [3.05, 3.63) is 41.4 Å². The minimum atomic E-state index is -3.27. The average Bonchev–Trinajstić information content (AvgIpc) is 3.73. The Kier molecular flexibility index (Phi) is 16.9. The molecule has 1 saturated heterocycles. The lowest BCUT2D eigenvalue weighted by atomic mass is 9.76. The minimum Gasteiger partial charge on any atom is -0.457 e. The van der Waals surface area contributed by atoms with E-state index in [0.717, 1.165) is 6.92 Å². The van der Waals surface area contributed by atoms with Crippen LogP contribution in [0.2, 0.25) is 0 Å². The lowest BCUT2D eigenvalue weighted by Gasteiger charge is -2.48. The molecule has 20 heteroatoms. The number of oxime groups is 1. The number of rotatable bonds is 11. The number of carbonyl (C=O) groups excluding carboxylic acids is 4. The van der Waals surface area contributed by atoms with Crippen molar-refractivity contribution in [2.24, 2.45) is 17.0 Å². The molecular weight excluding hydrogens is 864 g/mol. The van der Waals surface area contributed by atoms with Gasteiger partial charge in [-0.3, -0.25) is 14.4 Å². The number of amides is 1. The molecule has 3 aliphatic heterocycles. The fourth-order valence-electron chi connectivity index (χ4n) is 9.05. The number of likely N-dealkylation sites (N-methyl/N-ethyl adjacent to an activating group) is 1. The van der Waals surface area contributed by atoms with Gasteiger partial charge in [0.1, 0.15) is 47.0 Å². The third-order valence-corrected chi connectivity index (χ3v) is 12.5. The molecular formula is C46H67FN6O13. The SMILES string of the molecule is CCC(=O)NC1=C(C)[C@H]2OCC(=NOCc3coc(-c4cccc(N)n4)n3)CO[C@](C)(C[C@H]1C)[C@H](O[C@@H]1O[C@H](C)C[C@H](N(C)C)[C@H]1OC(C)=O)[C@@H](C)C(=O)[C@](C)(F)C(=O)O[C@H](CC)[C@@]2(C)O. The summed E-state index contributed by atoms with van der Waals surface area (Å²) in [5.41, 5.74) is 0.445. The van der Waals surface area contributed by atoms with Crippen LogP contribution < -0.4 is 11.1 Å². The summed E-state index contributed by atoms with van der Waals surface area (Å²) in [5.74, 6) is -5.39. The first kappa shape index (κ1) is 52.1. The molecule has 66 heavy (non-hydrogen) atoms. The number of nitrogens with zero attached hydrogens (tertiary/aromatic N) is 4. The molecule has 0 radical (unpaired) electrons. The lowest BCUT2D eigenvalue weighted by molar-refractivity contribution is -0.299. The van der Waals surface area contributed by atoms with E-state index in [0.29, 0.717) is 29.1 Å². The number of nitrogen functional groups attached to an aromatic ring is 1. The summed E-state index contributed by atoms with van der Waals surface area (Å²) in [6.07, 6.45) is -5.19. The summed E-state index contributed by atoms with van der Waals surface area (Å²) in [5, 5.41) is 19.9. The van der Waals surface area contributed by atoms with Crippen LogP contribution in [0.25, 0.3) is 11.6 Å². The minimum absolute atomic E-state index is 0.0308. The highest BCUT2D eigenvalue weighted by molar-refractivity contribution is 6.07. The standard InChI is InChI=1S/C46H67FN6O13/c1-13-33-46(10,58)40-26(5)36(51-35(55)14-2)24(3)19-44(8,61-22-30(21-59-40)52-62-23-29-20-60-41(49-29)31-16-15-17-34(48)50-31)39(27(6)38(56)45(9,47)43(57)65-33)66-42-37(64-28(7)54)32(53(11)12)18-25(4)63-42/h15-17,20,24-25,27,32-33,37,39-40,42,58H,13-14,18-19,21-23H2,1-12H3,(H2,48,50)(H,51,55)/t24-,25-,27+,32+,33-,37-,39-,40-,42+,44-,45+,46-/m1/s1. The lowest BCUT2D eigenvalue weighted by Crippen LogP contribution is -2.61. The van der Waals surface area contributed by atoms with Gasteiger partial charge in [-0.25, -0.2) is 19.2 Å². The van der Waals surface area contributed by atoms with Crippen molar-refractivity contribution in [2.45, 2.75) is 161 Å². The Labute approximate surface area is 385 Å². The maximum absolute atomic E-state index is 17.1. The van der Waals surface area contributed by atoms with Crippen LogP contribution in [-0.4, -0.2) is 136 Å². The summed E-state index contributed by atoms with van der Waals surface area (Å²) in [6.45, 7) is 14.2. The van der Waals surface area contributed by atoms with Crippen LogP contribution in [0.15, 0.2) is 45.3 Å². The molecule has 0 aromatic carbocycles. The van der Waals surface area contributed by atoms with E-state index in [4.69, 9.17) is 43.4 Å². The number of alkyl halides is 1. The van der Waals surface area contributed by atoms with Gasteiger partial charge >= 0.3 is 11.9 Å². The fraction of sp³-hybridized carbons (Fsp3) is 0.674. The molecule has 2 bridgehead atoms. The van der Waals surface area contributed by atoms with E-state index in [2.05, 4.69) is 20.4 Å². The van der Waals surface area contributed by atoms with Gasteiger partial charge in [0.15, 0.2) is 24.8 Å². The molecule has 1 fully saturated rings. The van der Waals surface area contributed by atoms with Crippen molar-refractivity contribution in [1.82, 2.24) is 20.2 Å².